The van der Waals surface area contributed by atoms with Crippen molar-refractivity contribution in [2.75, 3.05) is 6.54 Å². The zero-order chi connectivity index (χ0) is 29.5. The number of nitrogens with zero attached hydrogens (tertiary/aromatic N) is 3. The summed E-state index contributed by atoms with van der Waals surface area (Å²) in [4.78, 5) is 41.9. The summed E-state index contributed by atoms with van der Waals surface area (Å²) in [6.45, 7) is 1.66. The number of halogens is 4. The summed E-state index contributed by atoms with van der Waals surface area (Å²) < 4.78 is 43.9. The smallest absolute Gasteiger partial charge is 0.346 e. The van der Waals surface area contributed by atoms with Crippen LogP contribution in [0.5, 0.6) is 0 Å². The van der Waals surface area contributed by atoms with Crippen LogP contribution in [0.3, 0.4) is 0 Å². The minimum atomic E-state index is -4.62. The number of fused-ring (bicyclic) bond motifs is 1. The lowest BCUT2D eigenvalue weighted by Gasteiger charge is -2.25. The third kappa shape index (κ3) is 5.58. The number of thiophene rings is 1. The van der Waals surface area contributed by atoms with Gasteiger partial charge in [-0.2, -0.15) is 18.3 Å². The minimum absolute atomic E-state index is 0.0539. The average molecular weight is 646 g/mol. The fourth-order valence-electron chi connectivity index (χ4n) is 5.00. The molecule has 0 bridgehead atoms. The van der Waals surface area contributed by atoms with Crippen molar-refractivity contribution in [3.63, 3.8) is 0 Å². The van der Waals surface area contributed by atoms with Crippen LogP contribution in [0.4, 0.5) is 13.2 Å². The first kappa shape index (κ1) is 28.7. The molecule has 4 aromatic rings. The Morgan fingerprint density at radius 1 is 1.05 bits per heavy atom. The van der Waals surface area contributed by atoms with Gasteiger partial charge in [-0.15, -0.1) is 11.3 Å². The van der Waals surface area contributed by atoms with Crippen molar-refractivity contribution in [2.45, 2.75) is 32.0 Å². The third-order valence-corrected chi connectivity index (χ3v) is 8.77. The second-order valence-electron chi connectivity index (χ2n) is 9.56. The maximum atomic E-state index is 13.8. The number of carbonyl (C=O) groups is 3. The first-order valence-corrected chi connectivity index (χ1v) is 14.3. The standard InChI is InChI=1S/C29H24BrF3N4O3S/c1-3-23-20(25-22(30)14-34-36(25)2)13-24(41-23)26(38)35-17(12-16-8-4-7-11-21(16)29(31,32)33)15-37-27(39)18-9-5-6-10-19(18)28(37)40/h4-11,13-14,17H,3,12,15H2,1-2H3,(H,35,38)/t17-/m0/s1. The number of carbonyl (C=O) groups excluding carboxylic acids is 3. The normalized spacial score (nSPS) is 14.0. The van der Waals surface area contributed by atoms with Gasteiger partial charge in [0.2, 0.25) is 0 Å². The molecule has 3 amide bonds. The van der Waals surface area contributed by atoms with Gasteiger partial charge in [0.05, 0.1) is 44.0 Å². The number of aryl methyl sites for hydroxylation is 2. The molecule has 3 heterocycles. The van der Waals surface area contributed by atoms with Crippen molar-refractivity contribution in [1.82, 2.24) is 20.0 Å². The van der Waals surface area contributed by atoms with Gasteiger partial charge in [0.15, 0.2) is 0 Å². The van der Waals surface area contributed by atoms with E-state index in [0.717, 1.165) is 31.6 Å². The maximum absolute atomic E-state index is 13.8. The molecule has 1 aliphatic heterocycles. The molecule has 41 heavy (non-hydrogen) atoms. The Morgan fingerprint density at radius 2 is 1.68 bits per heavy atom. The molecule has 1 aliphatic rings. The minimum Gasteiger partial charge on any atom is -0.346 e. The monoisotopic (exact) mass is 644 g/mol. The second kappa shape index (κ2) is 11.2. The number of hydrogen-bond donors (Lipinski definition) is 1. The van der Waals surface area contributed by atoms with Crippen LogP contribution in [0, 0.1) is 0 Å². The summed E-state index contributed by atoms with van der Waals surface area (Å²) in [6, 6.07) is 12.1. The highest BCUT2D eigenvalue weighted by molar-refractivity contribution is 9.10. The molecule has 2 aromatic carbocycles. The van der Waals surface area contributed by atoms with Gasteiger partial charge in [-0.1, -0.05) is 37.3 Å². The molecule has 12 heteroatoms. The lowest BCUT2D eigenvalue weighted by atomic mass is 9.99. The molecule has 2 aromatic heterocycles. The Balaban J connectivity index is 1.47. The molecule has 0 saturated carbocycles. The second-order valence-corrected chi connectivity index (χ2v) is 11.6. The first-order valence-electron chi connectivity index (χ1n) is 12.7. The number of alkyl halides is 3. The Morgan fingerprint density at radius 3 is 2.27 bits per heavy atom. The Bertz CT molecular complexity index is 1610. The van der Waals surface area contributed by atoms with E-state index in [0.29, 0.717) is 11.3 Å². The number of aromatic nitrogens is 2. The molecule has 0 unspecified atom stereocenters. The lowest BCUT2D eigenvalue weighted by Crippen LogP contribution is -2.47. The van der Waals surface area contributed by atoms with Gasteiger partial charge in [0.25, 0.3) is 17.7 Å². The molecule has 0 radical (unpaired) electrons. The molecular weight excluding hydrogens is 621 g/mol. The van der Waals surface area contributed by atoms with E-state index >= 15 is 0 Å². The van der Waals surface area contributed by atoms with Crippen molar-refractivity contribution < 1.29 is 27.6 Å². The molecular formula is C29H24BrF3N4O3S. The van der Waals surface area contributed by atoms with E-state index in [1.54, 1.807) is 36.1 Å². The molecule has 1 N–H and O–H groups in total. The topological polar surface area (TPSA) is 84.3 Å². The number of imide groups is 1. The van der Waals surface area contributed by atoms with E-state index in [9.17, 15) is 27.6 Å². The highest BCUT2D eigenvalue weighted by atomic mass is 79.9. The van der Waals surface area contributed by atoms with Crippen molar-refractivity contribution in [3.8, 4) is 11.3 Å². The van der Waals surface area contributed by atoms with Gasteiger partial charge in [-0.25, -0.2) is 0 Å². The van der Waals surface area contributed by atoms with Gasteiger partial charge >= 0.3 is 6.18 Å². The number of rotatable bonds is 8. The van der Waals surface area contributed by atoms with Crippen molar-refractivity contribution >= 4 is 45.0 Å². The maximum Gasteiger partial charge on any atom is 0.416 e. The molecule has 5 rings (SSSR count). The Labute approximate surface area is 246 Å². The number of nitrogens with one attached hydrogen (secondary N) is 1. The SMILES string of the molecule is CCc1sc(C(=O)N[C@@H](Cc2ccccc2C(F)(F)F)CN2C(=O)c3ccccc3C2=O)cc1-c1c(Br)cnn1C. The van der Waals surface area contributed by atoms with Crippen LogP contribution in [0.25, 0.3) is 11.3 Å². The van der Waals surface area contributed by atoms with Crippen molar-refractivity contribution in [2.24, 2.45) is 7.05 Å². The third-order valence-electron chi connectivity index (χ3n) is 6.91. The van der Waals surface area contributed by atoms with Crippen LogP contribution >= 0.6 is 27.3 Å². The lowest BCUT2D eigenvalue weighted by molar-refractivity contribution is -0.138. The Kier molecular flexibility index (Phi) is 7.89. The molecule has 7 nitrogen and oxygen atoms in total. The fraction of sp³-hybridized carbons (Fsp3) is 0.241. The van der Waals surface area contributed by atoms with E-state index in [2.05, 4.69) is 26.3 Å². The molecule has 1 atom stereocenters. The molecule has 0 aliphatic carbocycles. The van der Waals surface area contributed by atoms with E-state index in [1.807, 2.05) is 6.92 Å². The number of benzene rings is 2. The Hall–Kier alpha value is -3.77. The van der Waals surface area contributed by atoms with Crippen LogP contribution in [-0.2, 0) is 26.1 Å². The zero-order valence-corrected chi connectivity index (χ0v) is 24.4. The predicted octanol–water partition coefficient (Wildman–Crippen LogP) is 6.13. The van der Waals surface area contributed by atoms with Crippen LogP contribution in [-0.4, -0.2) is 45.0 Å². The van der Waals surface area contributed by atoms with Gasteiger partial charge in [0, 0.05) is 24.0 Å². The molecule has 0 fully saturated rings. The van der Waals surface area contributed by atoms with Crippen LogP contribution in [0.15, 0.2) is 65.3 Å². The predicted molar refractivity (Wildman–Crippen MR) is 152 cm³/mol. The zero-order valence-electron chi connectivity index (χ0n) is 22.0. The van der Waals surface area contributed by atoms with Gasteiger partial charge in [0.1, 0.15) is 0 Å². The van der Waals surface area contributed by atoms with Gasteiger partial charge < -0.3 is 5.32 Å². The quantitative estimate of drug-likeness (QED) is 0.234. The summed E-state index contributed by atoms with van der Waals surface area (Å²) in [5, 5.41) is 7.06. The summed E-state index contributed by atoms with van der Waals surface area (Å²) >= 11 is 4.77. The molecule has 0 spiro atoms. The van der Waals surface area contributed by atoms with Crippen LogP contribution in [0.2, 0.25) is 0 Å². The summed E-state index contributed by atoms with van der Waals surface area (Å²) in [5.41, 5.74) is 1.15. The molecule has 0 saturated heterocycles. The van der Waals surface area contributed by atoms with Crippen molar-refractivity contribution in [1.29, 1.82) is 0 Å². The van der Waals surface area contributed by atoms with E-state index < -0.39 is 35.5 Å². The summed E-state index contributed by atoms with van der Waals surface area (Å²) in [5.74, 6) is -1.62. The van der Waals surface area contributed by atoms with Crippen LogP contribution in [0.1, 0.15) is 53.3 Å². The van der Waals surface area contributed by atoms with Crippen LogP contribution < -0.4 is 5.32 Å². The summed E-state index contributed by atoms with van der Waals surface area (Å²) in [6.07, 6.45) is -2.57. The highest BCUT2D eigenvalue weighted by Crippen LogP contribution is 2.36. The van der Waals surface area contributed by atoms with E-state index in [4.69, 9.17) is 0 Å². The molecule has 212 valence electrons. The largest absolute Gasteiger partial charge is 0.416 e. The fourth-order valence-corrected chi connectivity index (χ4v) is 6.57. The highest BCUT2D eigenvalue weighted by Gasteiger charge is 2.38. The number of hydrogen-bond acceptors (Lipinski definition) is 5. The van der Waals surface area contributed by atoms with Gasteiger partial charge in [-0.3, -0.25) is 24.0 Å². The first-order chi connectivity index (χ1) is 19.5. The van der Waals surface area contributed by atoms with E-state index in [-0.39, 0.29) is 29.7 Å². The average Bonchev–Trinajstić information content (AvgIpc) is 3.58. The summed E-state index contributed by atoms with van der Waals surface area (Å²) in [7, 11) is 1.78. The van der Waals surface area contributed by atoms with E-state index in [1.165, 1.54) is 41.7 Å². The van der Waals surface area contributed by atoms with Gasteiger partial charge in [-0.05, 0) is 58.6 Å². The van der Waals surface area contributed by atoms with Crippen molar-refractivity contribution in [3.05, 3.63) is 97.3 Å². The number of amides is 3.